The van der Waals surface area contributed by atoms with E-state index in [0.717, 1.165) is 25.7 Å². The average molecular weight is 633 g/mol. The molecule has 0 unspecified atom stereocenters. The number of carbonyl (C=O) groups excluding carboxylic acids is 2. The van der Waals surface area contributed by atoms with Crippen molar-refractivity contribution in [3.05, 3.63) is 32.5 Å². The average Bonchev–Trinajstić information content (AvgIpc) is 3.58. The molecule has 1 saturated heterocycles. The number of hydrogen-bond donors (Lipinski definition) is 4. The van der Waals surface area contributed by atoms with E-state index in [0.29, 0.717) is 43.9 Å². The van der Waals surface area contributed by atoms with Crippen molar-refractivity contribution in [2.24, 2.45) is 33.9 Å². The molecule has 1 aromatic rings. The maximum Gasteiger partial charge on any atom is 0.481 e. The van der Waals surface area contributed by atoms with Gasteiger partial charge in [-0.1, -0.05) is 39.2 Å². The molecule has 5 rings (SSSR count). The summed E-state index contributed by atoms with van der Waals surface area (Å²) in [6.07, 6.45) is 6.27. The maximum atomic E-state index is 13.8. The predicted molar refractivity (Wildman–Crippen MR) is 171 cm³/mol. The molecule has 6 atom stereocenters. The van der Waals surface area contributed by atoms with Crippen molar-refractivity contribution in [2.75, 3.05) is 6.54 Å². The SMILES string of the molecule is CC(C)C[C@H](NC(=O)[C@H](CCCN=C(N)N[N+](=O)[O-])NC(=O)CCCCc1cccs1)B1O[C@@H]2C[C@H]3C[C@H](C3(C)C)[C@]2(C)O1. The van der Waals surface area contributed by atoms with Crippen LogP contribution in [0.25, 0.3) is 0 Å². The number of nitrogens with one attached hydrogen (secondary N) is 3. The molecule has 1 aromatic heterocycles. The Kier molecular flexibility index (Phi) is 11.3. The van der Waals surface area contributed by atoms with Gasteiger partial charge in [-0.25, -0.2) is 15.1 Å². The van der Waals surface area contributed by atoms with Gasteiger partial charge in [0, 0.05) is 17.8 Å². The van der Waals surface area contributed by atoms with Crippen LogP contribution in [0.5, 0.6) is 0 Å². The zero-order valence-corrected chi connectivity index (χ0v) is 27.5. The number of unbranched alkanes of at least 4 members (excludes halogenated alkanes) is 1. The minimum absolute atomic E-state index is 0.00314. The summed E-state index contributed by atoms with van der Waals surface area (Å²) < 4.78 is 13.2. The lowest BCUT2D eigenvalue weighted by atomic mass is 9.43. The highest BCUT2D eigenvalue weighted by atomic mass is 32.1. The molecule has 244 valence electrons. The largest absolute Gasteiger partial charge is 0.481 e. The zero-order valence-electron chi connectivity index (χ0n) is 26.7. The van der Waals surface area contributed by atoms with E-state index in [1.165, 1.54) is 4.88 Å². The van der Waals surface area contributed by atoms with Crippen molar-refractivity contribution in [2.45, 2.75) is 116 Å². The van der Waals surface area contributed by atoms with Gasteiger partial charge in [-0.05, 0) is 92.9 Å². The van der Waals surface area contributed by atoms with E-state index >= 15 is 0 Å². The van der Waals surface area contributed by atoms with Crippen molar-refractivity contribution < 1.29 is 23.9 Å². The molecule has 12 nitrogen and oxygen atoms in total. The second-order valence-electron chi connectivity index (χ2n) is 13.8. The fraction of sp³-hybridized carbons (Fsp3) is 0.767. The first-order valence-electron chi connectivity index (χ1n) is 16.0. The Morgan fingerprint density at radius 3 is 2.66 bits per heavy atom. The van der Waals surface area contributed by atoms with Crippen LogP contribution in [0.15, 0.2) is 22.5 Å². The molecule has 4 fully saturated rings. The highest BCUT2D eigenvalue weighted by Crippen LogP contribution is 2.65. The number of nitro groups is 1. The van der Waals surface area contributed by atoms with Crippen LogP contribution in [0.2, 0.25) is 0 Å². The van der Waals surface area contributed by atoms with Crippen molar-refractivity contribution in [3.8, 4) is 0 Å². The Labute approximate surface area is 264 Å². The first-order chi connectivity index (χ1) is 20.8. The molecule has 1 aliphatic heterocycles. The Morgan fingerprint density at radius 2 is 2.00 bits per heavy atom. The summed E-state index contributed by atoms with van der Waals surface area (Å²) in [6, 6.07) is 3.30. The summed E-state index contributed by atoms with van der Waals surface area (Å²) in [4.78, 5) is 42.5. The molecule has 0 spiro atoms. The number of nitrogens with zero attached hydrogens (tertiary/aromatic N) is 2. The van der Waals surface area contributed by atoms with Gasteiger partial charge in [-0.3, -0.25) is 9.59 Å². The summed E-state index contributed by atoms with van der Waals surface area (Å²) in [5, 5.41) is 18.0. The summed E-state index contributed by atoms with van der Waals surface area (Å²) in [6.45, 7) is 11.2. The number of aliphatic imine (C=N–C) groups is 1. The van der Waals surface area contributed by atoms with Gasteiger partial charge in [0.15, 0.2) is 5.03 Å². The Balaban J connectivity index is 1.38. The van der Waals surface area contributed by atoms with Gasteiger partial charge >= 0.3 is 7.12 Å². The summed E-state index contributed by atoms with van der Waals surface area (Å²) in [7, 11) is -0.572. The third-order valence-electron chi connectivity index (χ3n) is 9.80. The molecule has 2 heterocycles. The third kappa shape index (κ3) is 8.31. The highest BCUT2D eigenvalue weighted by Gasteiger charge is 2.68. The molecule has 4 aliphatic rings. The van der Waals surface area contributed by atoms with Crippen LogP contribution in [0.4, 0.5) is 0 Å². The first-order valence-corrected chi connectivity index (χ1v) is 16.8. The molecule has 44 heavy (non-hydrogen) atoms. The van der Waals surface area contributed by atoms with E-state index in [4.69, 9.17) is 15.0 Å². The van der Waals surface area contributed by atoms with Crippen LogP contribution in [0.3, 0.4) is 0 Å². The highest BCUT2D eigenvalue weighted by molar-refractivity contribution is 7.09. The lowest BCUT2D eigenvalue weighted by Crippen LogP contribution is -2.65. The topological polar surface area (TPSA) is 170 Å². The molecule has 0 aromatic carbocycles. The third-order valence-corrected chi connectivity index (χ3v) is 10.7. The molecule has 14 heteroatoms. The van der Waals surface area contributed by atoms with E-state index in [1.54, 1.807) is 11.3 Å². The van der Waals surface area contributed by atoms with Crippen molar-refractivity contribution in [1.82, 2.24) is 16.1 Å². The first kappa shape index (κ1) is 34.2. The van der Waals surface area contributed by atoms with Crippen molar-refractivity contribution in [1.29, 1.82) is 0 Å². The van der Waals surface area contributed by atoms with Gasteiger partial charge in [-0.2, -0.15) is 0 Å². The maximum absolute atomic E-state index is 13.8. The van der Waals surface area contributed by atoms with Crippen LogP contribution in [0, 0.1) is 33.3 Å². The van der Waals surface area contributed by atoms with E-state index in [1.807, 2.05) is 16.9 Å². The monoisotopic (exact) mass is 632 g/mol. The molecule has 2 bridgehead atoms. The minimum Gasteiger partial charge on any atom is -0.404 e. The predicted octanol–water partition coefficient (Wildman–Crippen LogP) is 3.62. The molecular formula is C30H49BN6O6S. The summed E-state index contributed by atoms with van der Waals surface area (Å²) >= 11 is 1.71. The van der Waals surface area contributed by atoms with Crippen LogP contribution < -0.4 is 21.8 Å². The quantitative estimate of drug-likeness (QED) is 0.0535. The minimum atomic E-state index is -0.805. The number of rotatable bonds is 16. The molecule has 5 N–H and O–H groups in total. The van der Waals surface area contributed by atoms with E-state index in [9.17, 15) is 19.7 Å². The molecule has 3 saturated carbocycles. The van der Waals surface area contributed by atoms with Crippen molar-refractivity contribution >= 4 is 36.2 Å². The fourth-order valence-corrected chi connectivity index (χ4v) is 8.05. The van der Waals surface area contributed by atoms with Crippen LogP contribution in [-0.2, 0) is 25.3 Å². The number of aryl methyl sites for hydroxylation is 1. The van der Waals surface area contributed by atoms with Gasteiger partial charge < -0.3 is 25.7 Å². The molecular weight excluding hydrogens is 583 g/mol. The number of carbonyl (C=O) groups is 2. The van der Waals surface area contributed by atoms with E-state index < -0.39 is 23.8 Å². The molecule has 3 aliphatic carbocycles. The second kappa shape index (κ2) is 14.6. The van der Waals surface area contributed by atoms with Crippen LogP contribution in [-0.4, -0.2) is 60.2 Å². The summed E-state index contributed by atoms with van der Waals surface area (Å²) in [5.41, 5.74) is 7.15. The molecule has 2 amide bonds. The second-order valence-corrected chi connectivity index (χ2v) is 14.8. The van der Waals surface area contributed by atoms with E-state index in [2.05, 4.69) is 56.3 Å². The van der Waals surface area contributed by atoms with Crippen LogP contribution in [0.1, 0.15) is 90.9 Å². The number of amides is 2. The Bertz CT molecular complexity index is 1180. The Morgan fingerprint density at radius 1 is 1.23 bits per heavy atom. The van der Waals surface area contributed by atoms with Gasteiger partial charge in [0.1, 0.15) is 6.04 Å². The number of hydrogen-bond acceptors (Lipinski definition) is 8. The lowest BCUT2D eigenvalue weighted by Gasteiger charge is -2.64. The van der Waals surface area contributed by atoms with Gasteiger partial charge in [0.25, 0.3) is 5.96 Å². The van der Waals surface area contributed by atoms with Gasteiger partial charge in [-0.15, -0.1) is 11.3 Å². The van der Waals surface area contributed by atoms with Gasteiger partial charge in [0.05, 0.1) is 17.6 Å². The number of guanidine groups is 1. The molecule has 0 radical (unpaired) electrons. The standard InChI is InChI=1S/C30H49BN6O6S/c1-19(2)16-25(31-42-24-18-20-17-23(29(20,3)4)30(24,5)43-31)35-27(39)22(12-8-14-33-28(32)36-37(40)41)34-26(38)13-7-6-10-21-11-9-15-44-21/h9,11,15,19-20,22-25H,6-8,10,12-14,16-18H2,1-5H3,(H,34,38)(H,35,39)(H3,32,33,36)/t20-,22+,23-,24-,25+,30+/m1/s1. The summed E-state index contributed by atoms with van der Waals surface area (Å²) in [5.74, 6) is 0.110. The number of nitrogens with two attached hydrogens (primary N) is 1. The fourth-order valence-electron chi connectivity index (χ4n) is 7.30. The lowest BCUT2D eigenvalue weighted by molar-refractivity contribution is -0.525. The normalized spacial score (nSPS) is 26.8. The van der Waals surface area contributed by atoms with Crippen LogP contribution >= 0.6 is 11.3 Å². The smallest absolute Gasteiger partial charge is 0.404 e. The number of thiophene rings is 1. The van der Waals surface area contributed by atoms with E-state index in [-0.39, 0.29) is 47.7 Å². The van der Waals surface area contributed by atoms with Gasteiger partial charge in [0.2, 0.25) is 11.8 Å². The van der Waals surface area contributed by atoms with Crippen molar-refractivity contribution in [3.63, 3.8) is 0 Å². The zero-order chi connectivity index (χ0) is 32.1. The Hall–Kier alpha value is -2.71. The number of hydrazine groups is 1.